The van der Waals surface area contributed by atoms with Gasteiger partial charge in [-0.15, -0.1) is 0 Å². The van der Waals surface area contributed by atoms with Crippen molar-refractivity contribution < 1.29 is 33.5 Å². The standard InChI is InChI=1S/C22H36IN3O9/c23-7-3-1-2-4-9-31-11-13-33-15-17-35-18-16-34-14-12-32-10-8-24-21-6-5-20(25(27)28)19-22(21)26(29)30/h5-6,19,24H,1-4,7-18H2. The first-order chi connectivity index (χ1) is 17.1. The minimum Gasteiger partial charge on any atom is -0.379 e. The second-order valence-electron chi connectivity index (χ2n) is 7.31. The van der Waals surface area contributed by atoms with Crippen LogP contribution in [0, 0.1) is 20.2 Å². The number of unbranched alkanes of at least 4 members (excludes halogenated alkanes) is 3. The summed E-state index contributed by atoms with van der Waals surface area (Å²) in [5.74, 6) is 0. The van der Waals surface area contributed by atoms with Crippen LogP contribution in [-0.2, 0) is 23.7 Å². The smallest absolute Gasteiger partial charge is 0.299 e. The van der Waals surface area contributed by atoms with Gasteiger partial charge in [0.05, 0.1) is 75.4 Å². The van der Waals surface area contributed by atoms with Crippen LogP contribution < -0.4 is 5.32 Å². The van der Waals surface area contributed by atoms with Gasteiger partial charge < -0.3 is 29.0 Å². The summed E-state index contributed by atoms with van der Waals surface area (Å²) in [6.07, 6.45) is 4.88. The molecule has 12 nitrogen and oxygen atoms in total. The number of alkyl halides is 1. The quantitative estimate of drug-likeness (QED) is 0.0598. The van der Waals surface area contributed by atoms with Crippen LogP contribution >= 0.6 is 22.6 Å². The van der Waals surface area contributed by atoms with Gasteiger partial charge in [-0.25, -0.2) is 0 Å². The Hall–Kier alpha value is -1.65. The highest BCUT2D eigenvalue weighted by molar-refractivity contribution is 14.1. The molecule has 0 aromatic heterocycles. The van der Waals surface area contributed by atoms with E-state index < -0.39 is 9.85 Å². The number of nitrogens with zero attached hydrogens (tertiary/aromatic N) is 2. The predicted molar refractivity (Wildman–Crippen MR) is 140 cm³/mol. The molecule has 0 fully saturated rings. The summed E-state index contributed by atoms with van der Waals surface area (Å²) in [4.78, 5) is 20.5. The van der Waals surface area contributed by atoms with Crippen LogP contribution in [0.2, 0.25) is 0 Å². The normalized spacial score (nSPS) is 11.0. The highest BCUT2D eigenvalue weighted by Crippen LogP contribution is 2.28. The Labute approximate surface area is 219 Å². The van der Waals surface area contributed by atoms with Crippen LogP contribution in [0.5, 0.6) is 0 Å². The molecule has 1 aromatic carbocycles. The molecule has 0 saturated heterocycles. The maximum Gasteiger partial charge on any atom is 0.299 e. The zero-order chi connectivity index (χ0) is 25.6. The molecule has 13 heteroatoms. The maximum atomic E-state index is 11.1. The third kappa shape index (κ3) is 16.6. The molecule has 0 aliphatic heterocycles. The van der Waals surface area contributed by atoms with Crippen molar-refractivity contribution in [2.45, 2.75) is 25.7 Å². The van der Waals surface area contributed by atoms with E-state index >= 15 is 0 Å². The van der Waals surface area contributed by atoms with E-state index in [9.17, 15) is 20.2 Å². The third-order valence-electron chi connectivity index (χ3n) is 4.61. The van der Waals surface area contributed by atoms with E-state index in [4.69, 9.17) is 23.7 Å². The van der Waals surface area contributed by atoms with Gasteiger partial charge >= 0.3 is 0 Å². The van der Waals surface area contributed by atoms with Crippen molar-refractivity contribution in [3.8, 4) is 0 Å². The zero-order valence-corrected chi connectivity index (χ0v) is 22.1. The number of anilines is 1. The van der Waals surface area contributed by atoms with Crippen molar-refractivity contribution in [1.82, 2.24) is 0 Å². The average Bonchev–Trinajstić information content (AvgIpc) is 2.84. The number of nitro groups is 2. The van der Waals surface area contributed by atoms with Gasteiger partial charge in [-0.2, -0.15) is 0 Å². The third-order valence-corrected chi connectivity index (χ3v) is 5.37. The molecule has 0 bridgehead atoms. The van der Waals surface area contributed by atoms with Crippen LogP contribution in [0.15, 0.2) is 18.2 Å². The first-order valence-corrected chi connectivity index (χ1v) is 13.2. The molecule has 1 rings (SSSR count). The average molecular weight is 613 g/mol. The Morgan fingerprint density at radius 3 is 1.71 bits per heavy atom. The fraction of sp³-hybridized carbons (Fsp3) is 0.727. The number of halogens is 1. The monoisotopic (exact) mass is 613 g/mol. The van der Waals surface area contributed by atoms with Gasteiger partial charge in [-0.3, -0.25) is 20.2 Å². The Morgan fingerprint density at radius 1 is 0.686 bits per heavy atom. The summed E-state index contributed by atoms with van der Waals surface area (Å²) >= 11 is 2.40. The van der Waals surface area contributed by atoms with Crippen LogP contribution in [-0.4, -0.2) is 86.9 Å². The lowest BCUT2D eigenvalue weighted by Crippen LogP contribution is -2.15. The van der Waals surface area contributed by atoms with Gasteiger partial charge in [-0.1, -0.05) is 35.4 Å². The first-order valence-electron chi connectivity index (χ1n) is 11.7. The molecule has 0 aliphatic rings. The molecule has 0 aliphatic carbocycles. The lowest BCUT2D eigenvalue weighted by atomic mass is 10.2. The fourth-order valence-electron chi connectivity index (χ4n) is 2.83. The Morgan fingerprint density at radius 2 is 1.20 bits per heavy atom. The van der Waals surface area contributed by atoms with Crippen LogP contribution in [0.25, 0.3) is 0 Å². The van der Waals surface area contributed by atoms with Crippen molar-refractivity contribution in [3.05, 3.63) is 38.4 Å². The van der Waals surface area contributed by atoms with E-state index in [1.807, 2.05) is 0 Å². The lowest BCUT2D eigenvalue weighted by molar-refractivity contribution is -0.393. The van der Waals surface area contributed by atoms with Gasteiger partial charge in [0.1, 0.15) is 5.69 Å². The van der Waals surface area contributed by atoms with Crippen LogP contribution in [0.1, 0.15) is 25.7 Å². The summed E-state index contributed by atoms with van der Waals surface area (Å²) < 4.78 is 28.4. The highest BCUT2D eigenvalue weighted by Gasteiger charge is 2.18. The Balaban J connectivity index is 1.88. The SMILES string of the molecule is O=[N+]([O-])c1ccc(NCCOCCOCCOCCOCCOCCCCCCI)c([N+](=O)[O-])c1. The number of hydrogen-bond donors (Lipinski definition) is 1. The van der Waals surface area contributed by atoms with Crippen molar-refractivity contribution >= 4 is 39.7 Å². The molecule has 200 valence electrons. The number of ether oxygens (including phenoxy) is 5. The summed E-state index contributed by atoms with van der Waals surface area (Å²) in [7, 11) is 0. The maximum absolute atomic E-state index is 11.1. The fourth-order valence-corrected chi connectivity index (χ4v) is 3.37. The summed E-state index contributed by atoms with van der Waals surface area (Å²) in [6, 6.07) is 3.45. The molecule has 0 unspecified atom stereocenters. The van der Waals surface area contributed by atoms with Crippen molar-refractivity contribution in [1.29, 1.82) is 0 Å². The number of nitro benzene ring substituents is 2. The van der Waals surface area contributed by atoms with E-state index in [-0.39, 0.29) is 17.1 Å². The molecule has 0 heterocycles. The topological polar surface area (TPSA) is 144 Å². The molecule has 1 aromatic rings. The molecule has 1 N–H and O–H groups in total. The van der Waals surface area contributed by atoms with Gasteiger partial charge in [0.2, 0.25) is 0 Å². The Kier molecular flexibility index (Phi) is 19.4. The van der Waals surface area contributed by atoms with E-state index in [2.05, 4.69) is 27.9 Å². The molecule has 0 spiro atoms. The van der Waals surface area contributed by atoms with Gasteiger partial charge in [0.15, 0.2) is 0 Å². The first kappa shape index (κ1) is 31.4. The van der Waals surface area contributed by atoms with Crippen molar-refractivity contribution in [2.24, 2.45) is 0 Å². The van der Waals surface area contributed by atoms with Gasteiger partial charge in [-0.05, 0) is 23.3 Å². The molecule has 0 radical (unpaired) electrons. The summed E-state index contributed by atoms with van der Waals surface area (Å²) in [6.45, 7) is 5.25. The minimum absolute atomic E-state index is 0.201. The summed E-state index contributed by atoms with van der Waals surface area (Å²) in [5, 5.41) is 24.7. The Bertz CT molecular complexity index is 713. The molecule has 35 heavy (non-hydrogen) atoms. The second-order valence-corrected chi connectivity index (χ2v) is 8.39. The van der Waals surface area contributed by atoms with Crippen LogP contribution in [0.3, 0.4) is 0 Å². The van der Waals surface area contributed by atoms with Crippen molar-refractivity contribution in [2.75, 3.05) is 82.4 Å². The molecule has 0 amide bonds. The van der Waals surface area contributed by atoms with Crippen LogP contribution in [0.4, 0.5) is 17.1 Å². The zero-order valence-electron chi connectivity index (χ0n) is 20.0. The second kappa shape index (κ2) is 21.6. The number of nitrogens with one attached hydrogen (secondary N) is 1. The lowest BCUT2D eigenvalue weighted by Gasteiger charge is -2.09. The summed E-state index contributed by atoms with van der Waals surface area (Å²) in [5.41, 5.74) is -0.485. The van der Waals surface area contributed by atoms with E-state index in [0.29, 0.717) is 66.0 Å². The number of hydrogen-bond acceptors (Lipinski definition) is 10. The van der Waals surface area contributed by atoms with E-state index in [0.717, 1.165) is 19.1 Å². The highest BCUT2D eigenvalue weighted by atomic mass is 127. The van der Waals surface area contributed by atoms with E-state index in [1.54, 1.807) is 0 Å². The molecular formula is C22H36IN3O9. The molecule has 0 saturated carbocycles. The minimum atomic E-state index is -0.674. The number of rotatable bonds is 24. The van der Waals surface area contributed by atoms with Crippen molar-refractivity contribution in [3.63, 3.8) is 0 Å². The molecular weight excluding hydrogens is 577 g/mol. The predicted octanol–water partition coefficient (Wildman–Crippen LogP) is 3.99. The van der Waals surface area contributed by atoms with Gasteiger partial charge in [0.25, 0.3) is 11.4 Å². The number of benzene rings is 1. The number of non-ortho nitro benzene ring substituents is 1. The van der Waals surface area contributed by atoms with Gasteiger partial charge in [0, 0.05) is 19.2 Å². The largest absolute Gasteiger partial charge is 0.379 e. The van der Waals surface area contributed by atoms with E-state index in [1.165, 1.54) is 35.8 Å². The molecule has 0 atom stereocenters.